The Morgan fingerprint density at radius 3 is 2.38 bits per heavy atom. The number of alkyl halides is 1. The molecule has 0 radical (unpaired) electrons. The molecule has 0 amide bonds. The summed E-state index contributed by atoms with van der Waals surface area (Å²) in [5.41, 5.74) is 5.23. The van der Waals surface area contributed by atoms with Crippen LogP contribution in [0.3, 0.4) is 0 Å². The maximum absolute atomic E-state index is 6.78. The van der Waals surface area contributed by atoms with Crippen LogP contribution in [0.15, 0.2) is 28.7 Å². The summed E-state index contributed by atoms with van der Waals surface area (Å²) in [5, 5.41) is 0.374. The number of rotatable bonds is 3. The van der Waals surface area contributed by atoms with Crippen LogP contribution >= 0.6 is 39.1 Å². The molecule has 2 rings (SSSR count). The molecule has 0 saturated carbocycles. The normalized spacial score (nSPS) is 12.3. The lowest BCUT2D eigenvalue weighted by Crippen LogP contribution is -2.04. The van der Waals surface area contributed by atoms with Gasteiger partial charge in [-0.05, 0) is 61.2 Å². The molecular formula is C17H17BrCl2O. The van der Waals surface area contributed by atoms with Crippen LogP contribution in [0.5, 0.6) is 5.75 Å². The summed E-state index contributed by atoms with van der Waals surface area (Å²) >= 11 is 16.5. The van der Waals surface area contributed by atoms with Crippen LogP contribution in [0.25, 0.3) is 0 Å². The molecule has 4 heteroatoms. The molecule has 1 atom stereocenters. The van der Waals surface area contributed by atoms with Crippen LogP contribution < -0.4 is 4.74 Å². The van der Waals surface area contributed by atoms with Crippen molar-refractivity contribution in [3.8, 4) is 5.75 Å². The molecule has 1 unspecified atom stereocenters. The largest absolute Gasteiger partial charge is 0.496 e. The summed E-state index contributed by atoms with van der Waals surface area (Å²) in [7, 11) is 1.67. The second-order valence-corrected chi connectivity index (χ2v) is 6.84. The average Bonchev–Trinajstić information content (AvgIpc) is 2.44. The maximum Gasteiger partial charge on any atom is 0.127 e. The van der Waals surface area contributed by atoms with Crippen molar-refractivity contribution in [2.45, 2.75) is 26.1 Å². The minimum absolute atomic E-state index is 0.310. The Bertz CT molecular complexity index is 683. The molecule has 0 fully saturated rings. The third-order valence-corrected chi connectivity index (χ3v) is 5.19. The van der Waals surface area contributed by atoms with Gasteiger partial charge in [-0.25, -0.2) is 0 Å². The molecule has 2 aromatic rings. The van der Waals surface area contributed by atoms with Crippen molar-refractivity contribution in [1.29, 1.82) is 0 Å². The maximum atomic E-state index is 6.78. The van der Waals surface area contributed by atoms with Crippen molar-refractivity contribution in [3.63, 3.8) is 0 Å². The molecule has 0 N–H and O–H groups in total. The number of methoxy groups -OCH3 is 1. The minimum atomic E-state index is -0.310. The lowest BCUT2D eigenvalue weighted by molar-refractivity contribution is 0.406. The van der Waals surface area contributed by atoms with Crippen LogP contribution in [-0.2, 0) is 0 Å². The van der Waals surface area contributed by atoms with Crippen molar-refractivity contribution in [2.75, 3.05) is 7.11 Å². The minimum Gasteiger partial charge on any atom is -0.496 e. The van der Waals surface area contributed by atoms with Gasteiger partial charge in [-0.2, -0.15) is 0 Å². The number of halogens is 3. The van der Waals surface area contributed by atoms with E-state index in [1.165, 1.54) is 0 Å². The zero-order valence-corrected chi connectivity index (χ0v) is 15.5. The lowest BCUT2D eigenvalue weighted by Gasteiger charge is -2.21. The van der Waals surface area contributed by atoms with E-state index in [4.69, 9.17) is 27.9 Å². The van der Waals surface area contributed by atoms with Crippen LogP contribution in [0.2, 0.25) is 5.02 Å². The summed E-state index contributed by atoms with van der Waals surface area (Å²) in [6.45, 7) is 6.09. The molecule has 0 heterocycles. The van der Waals surface area contributed by atoms with Gasteiger partial charge < -0.3 is 4.74 Å². The Morgan fingerprint density at radius 2 is 1.76 bits per heavy atom. The molecule has 21 heavy (non-hydrogen) atoms. The van der Waals surface area contributed by atoms with Crippen LogP contribution in [0.1, 0.15) is 33.2 Å². The molecule has 1 nitrogen and oxygen atoms in total. The van der Waals surface area contributed by atoms with E-state index < -0.39 is 0 Å². The van der Waals surface area contributed by atoms with Gasteiger partial charge in [-0.3, -0.25) is 0 Å². The van der Waals surface area contributed by atoms with Crippen LogP contribution in [0, 0.1) is 20.8 Å². The second-order valence-electron chi connectivity index (χ2n) is 5.11. The highest BCUT2D eigenvalue weighted by Crippen LogP contribution is 2.43. The predicted octanol–water partition coefficient (Wildman–Crippen LogP) is 6.36. The van der Waals surface area contributed by atoms with Crippen LogP contribution in [-0.4, -0.2) is 7.11 Å². The van der Waals surface area contributed by atoms with E-state index in [2.05, 4.69) is 15.9 Å². The van der Waals surface area contributed by atoms with E-state index in [-0.39, 0.29) is 5.38 Å². The van der Waals surface area contributed by atoms with Gasteiger partial charge in [0.2, 0.25) is 0 Å². The van der Waals surface area contributed by atoms with Gasteiger partial charge in [0.1, 0.15) is 5.75 Å². The molecular weight excluding hydrogens is 371 g/mol. The lowest BCUT2D eigenvalue weighted by atomic mass is 9.94. The Morgan fingerprint density at radius 1 is 1.10 bits per heavy atom. The summed E-state index contributed by atoms with van der Waals surface area (Å²) in [5.74, 6) is 0.829. The molecule has 0 aromatic heterocycles. The highest BCUT2D eigenvalue weighted by atomic mass is 79.9. The van der Waals surface area contributed by atoms with Gasteiger partial charge in [-0.1, -0.05) is 33.6 Å². The van der Waals surface area contributed by atoms with Crippen molar-refractivity contribution in [2.24, 2.45) is 0 Å². The fourth-order valence-electron chi connectivity index (χ4n) is 2.49. The van der Waals surface area contributed by atoms with Crippen LogP contribution in [0.4, 0.5) is 0 Å². The smallest absolute Gasteiger partial charge is 0.127 e. The molecule has 0 aliphatic carbocycles. The van der Waals surface area contributed by atoms with Gasteiger partial charge >= 0.3 is 0 Å². The van der Waals surface area contributed by atoms with Crippen molar-refractivity contribution >= 4 is 39.1 Å². The fraction of sp³-hybridized carbons (Fsp3) is 0.294. The van der Waals surface area contributed by atoms with E-state index in [0.29, 0.717) is 5.02 Å². The first-order valence-electron chi connectivity index (χ1n) is 6.60. The van der Waals surface area contributed by atoms with E-state index in [9.17, 15) is 0 Å². The first-order chi connectivity index (χ1) is 9.86. The number of hydrogen-bond acceptors (Lipinski definition) is 1. The van der Waals surface area contributed by atoms with Gasteiger partial charge in [0.05, 0.1) is 12.5 Å². The monoisotopic (exact) mass is 386 g/mol. The number of aryl methyl sites for hydroxylation is 2. The Labute approximate surface area is 144 Å². The van der Waals surface area contributed by atoms with Crippen molar-refractivity contribution in [3.05, 3.63) is 61.6 Å². The quantitative estimate of drug-likeness (QED) is 0.556. The molecule has 0 aliphatic heterocycles. The number of ether oxygens (including phenoxy) is 1. The summed E-state index contributed by atoms with van der Waals surface area (Å²) in [4.78, 5) is 0. The summed E-state index contributed by atoms with van der Waals surface area (Å²) < 4.78 is 6.62. The predicted molar refractivity (Wildman–Crippen MR) is 94.1 cm³/mol. The second kappa shape index (κ2) is 6.60. The zero-order chi connectivity index (χ0) is 15.7. The SMILES string of the molecule is COc1c(C)cc(Br)c(C)c1C(Cl)c1cc(Cl)ccc1C. The van der Waals surface area contributed by atoms with Gasteiger partial charge in [-0.15, -0.1) is 11.6 Å². The number of benzene rings is 2. The Kier molecular flexibility index (Phi) is 5.24. The van der Waals surface area contributed by atoms with E-state index in [1.807, 2.05) is 45.0 Å². The first-order valence-corrected chi connectivity index (χ1v) is 8.21. The van der Waals surface area contributed by atoms with Gasteiger partial charge in [0.25, 0.3) is 0 Å². The third kappa shape index (κ3) is 3.23. The first kappa shape index (κ1) is 16.7. The topological polar surface area (TPSA) is 9.23 Å². The average molecular weight is 388 g/mol. The van der Waals surface area contributed by atoms with Crippen molar-refractivity contribution < 1.29 is 4.74 Å². The molecule has 0 bridgehead atoms. The zero-order valence-electron chi connectivity index (χ0n) is 12.4. The molecule has 0 saturated heterocycles. The van der Waals surface area contributed by atoms with E-state index >= 15 is 0 Å². The summed E-state index contributed by atoms with van der Waals surface area (Å²) in [6, 6.07) is 7.83. The van der Waals surface area contributed by atoms with E-state index in [1.54, 1.807) is 7.11 Å². The Hall–Kier alpha value is -0.700. The molecule has 112 valence electrons. The molecule has 0 aliphatic rings. The van der Waals surface area contributed by atoms with Gasteiger partial charge in [0, 0.05) is 15.1 Å². The van der Waals surface area contributed by atoms with E-state index in [0.717, 1.165) is 38.0 Å². The highest BCUT2D eigenvalue weighted by molar-refractivity contribution is 9.10. The standard InChI is InChI=1S/C17H17BrCl2O/c1-9-5-6-12(19)8-13(9)16(20)15-11(3)14(18)7-10(2)17(15)21-4/h5-8,16H,1-4H3. The fourth-order valence-corrected chi connectivity index (χ4v) is 3.73. The molecule has 0 spiro atoms. The van der Waals surface area contributed by atoms with Gasteiger partial charge in [0.15, 0.2) is 0 Å². The summed E-state index contributed by atoms with van der Waals surface area (Å²) in [6.07, 6.45) is 0. The Balaban J connectivity index is 2.68. The van der Waals surface area contributed by atoms with Crippen molar-refractivity contribution in [1.82, 2.24) is 0 Å². The molecule has 2 aromatic carbocycles. The third-order valence-electron chi connectivity index (χ3n) is 3.68. The number of hydrogen-bond donors (Lipinski definition) is 0. The highest BCUT2D eigenvalue weighted by Gasteiger charge is 2.23.